The Morgan fingerprint density at radius 1 is 1.47 bits per heavy atom. The third kappa shape index (κ3) is 4.42. The molecule has 4 nitrogen and oxygen atoms in total. The molecule has 0 aliphatic rings. The Bertz CT molecular complexity index is 434. The third-order valence-electron chi connectivity index (χ3n) is 2.47. The molecular weight excluding hydrogens is 259 g/mol. The lowest BCUT2D eigenvalue weighted by atomic mass is 10.2. The number of nitrogens with zero attached hydrogens (tertiary/aromatic N) is 2. The molecule has 1 amide bonds. The van der Waals surface area contributed by atoms with Crippen LogP contribution in [0.2, 0.25) is 0 Å². The van der Waals surface area contributed by atoms with E-state index in [4.69, 9.17) is 0 Å². The highest BCUT2D eigenvalue weighted by Gasteiger charge is 2.33. The molecule has 1 aromatic heterocycles. The van der Waals surface area contributed by atoms with Crippen molar-refractivity contribution in [3.05, 3.63) is 24.0 Å². The van der Waals surface area contributed by atoms with Crippen molar-refractivity contribution in [3.63, 3.8) is 0 Å². The van der Waals surface area contributed by atoms with E-state index in [2.05, 4.69) is 10.3 Å². The monoisotopic (exact) mass is 275 g/mol. The summed E-state index contributed by atoms with van der Waals surface area (Å²) in [5.74, 6) is -0.647. The number of rotatable bonds is 5. The van der Waals surface area contributed by atoms with Gasteiger partial charge >= 0.3 is 6.18 Å². The van der Waals surface area contributed by atoms with Crippen LogP contribution in [0.3, 0.4) is 0 Å². The molecule has 1 heterocycles. The van der Waals surface area contributed by atoms with Gasteiger partial charge in [-0.2, -0.15) is 13.2 Å². The van der Waals surface area contributed by atoms with Gasteiger partial charge in [-0.1, -0.05) is 6.92 Å². The highest BCUT2D eigenvalue weighted by atomic mass is 19.4. The smallest absolute Gasteiger partial charge is 0.386 e. The highest BCUT2D eigenvalue weighted by molar-refractivity contribution is 5.99. The Morgan fingerprint density at radius 2 is 2.16 bits per heavy atom. The second-order valence-electron chi connectivity index (χ2n) is 4.01. The summed E-state index contributed by atoms with van der Waals surface area (Å²) < 4.78 is 37.4. The quantitative estimate of drug-likeness (QED) is 0.898. The number of carbonyl (C=O) groups excluding carboxylic acids is 1. The summed E-state index contributed by atoms with van der Waals surface area (Å²) in [6.45, 7) is 0.539. The average Bonchev–Trinajstić information content (AvgIpc) is 2.36. The van der Waals surface area contributed by atoms with Crippen LogP contribution in [0, 0.1) is 0 Å². The molecule has 19 heavy (non-hydrogen) atoms. The van der Waals surface area contributed by atoms with E-state index in [0.717, 1.165) is 4.90 Å². The largest absolute Gasteiger partial charge is 0.406 e. The van der Waals surface area contributed by atoms with Gasteiger partial charge in [0.25, 0.3) is 5.91 Å². The summed E-state index contributed by atoms with van der Waals surface area (Å²) in [5.41, 5.74) is 0.603. The van der Waals surface area contributed by atoms with Crippen molar-refractivity contribution in [1.29, 1.82) is 0 Å². The van der Waals surface area contributed by atoms with E-state index in [0.29, 0.717) is 12.1 Å². The van der Waals surface area contributed by atoms with Crippen LogP contribution in [0.15, 0.2) is 18.5 Å². The third-order valence-corrected chi connectivity index (χ3v) is 2.47. The van der Waals surface area contributed by atoms with Crippen molar-refractivity contribution in [2.24, 2.45) is 0 Å². The van der Waals surface area contributed by atoms with Crippen LogP contribution in [0.25, 0.3) is 0 Å². The van der Waals surface area contributed by atoms with Crippen molar-refractivity contribution in [1.82, 2.24) is 9.88 Å². The predicted molar refractivity (Wildman–Crippen MR) is 66.0 cm³/mol. The first-order valence-electron chi connectivity index (χ1n) is 5.86. The minimum Gasteiger partial charge on any atom is -0.386 e. The zero-order valence-corrected chi connectivity index (χ0v) is 10.8. The first kappa shape index (κ1) is 15.3. The van der Waals surface area contributed by atoms with Gasteiger partial charge in [-0.25, -0.2) is 0 Å². The molecule has 0 spiro atoms. The van der Waals surface area contributed by atoms with Crippen molar-refractivity contribution in [2.75, 3.05) is 25.5 Å². The number of anilines is 1. The average molecular weight is 275 g/mol. The van der Waals surface area contributed by atoms with E-state index in [1.165, 1.54) is 18.5 Å². The predicted octanol–water partition coefficient (Wildman–Crippen LogP) is 2.54. The maximum atomic E-state index is 12.5. The fourth-order valence-corrected chi connectivity index (χ4v) is 1.69. The molecule has 0 atom stereocenters. The molecule has 0 radical (unpaired) electrons. The molecule has 0 aromatic carbocycles. The van der Waals surface area contributed by atoms with E-state index in [-0.39, 0.29) is 12.1 Å². The van der Waals surface area contributed by atoms with Gasteiger partial charge < -0.3 is 10.2 Å². The molecule has 1 aromatic rings. The first-order chi connectivity index (χ1) is 8.89. The Kier molecular flexibility index (Phi) is 5.14. The zero-order chi connectivity index (χ0) is 14.5. The molecule has 0 saturated carbocycles. The SMILES string of the molecule is CCCN(CC(F)(F)F)C(=O)c1ccncc1NC. The molecule has 0 saturated heterocycles. The van der Waals surface area contributed by atoms with E-state index < -0.39 is 18.6 Å². The van der Waals surface area contributed by atoms with Crippen LogP contribution >= 0.6 is 0 Å². The van der Waals surface area contributed by atoms with Gasteiger partial charge in [-0.3, -0.25) is 9.78 Å². The lowest BCUT2D eigenvalue weighted by Crippen LogP contribution is -2.39. The standard InChI is InChI=1S/C12H16F3N3O/c1-3-6-18(8-12(13,14)15)11(19)9-4-5-17-7-10(9)16-2/h4-5,7,16H,3,6,8H2,1-2H3. The van der Waals surface area contributed by atoms with E-state index in [1.54, 1.807) is 14.0 Å². The summed E-state index contributed by atoms with van der Waals surface area (Å²) >= 11 is 0. The number of amides is 1. The van der Waals surface area contributed by atoms with Crippen LogP contribution in [0.1, 0.15) is 23.7 Å². The minimum absolute atomic E-state index is 0.0593. The Hall–Kier alpha value is -1.79. The molecule has 106 valence electrons. The lowest BCUT2D eigenvalue weighted by Gasteiger charge is -2.24. The van der Waals surface area contributed by atoms with E-state index in [9.17, 15) is 18.0 Å². The van der Waals surface area contributed by atoms with Crippen LogP contribution in [0.4, 0.5) is 18.9 Å². The maximum Gasteiger partial charge on any atom is 0.406 e. The van der Waals surface area contributed by atoms with Gasteiger partial charge in [0, 0.05) is 19.8 Å². The van der Waals surface area contributed by atoms with Crippen molar-refractivity contribution in [2.45, 2.75) is 19.5 Å². The fraction of sp³-hybridized carbons (Fsp3) is 0.500. The van der Waals surface area contributed by atoms with Crippen molar-refractivity contribution in [3.8, 4) is 0 Å². The van der Waals surface area contributed by atoms with Crippen molar-refractivity contribution >= 4 is 11.6 Å². The number of hydrogen-bond donors (Lipinski definition) is 1. The van der Waals surface area contributed by atoms with Gasteiger partial charge in [0.05, 0.1) is 17.4 Å². The molecule has 0 fully saturated rings. The minimum atomic E-state index is -4.41. The van der Waals surface area contributed by atoms with Crippen LogP contribution in [-0.4, -0.2) is 42.1 Å². The number of hydrogen-bond acceptors (Lipinski definition) is 3. The molecule has 0 unspecified atom stereocenters. The molecule has 1 rings (SSSR count). The summed E-state index contributed by atoms with van der Waals surface area (Å²) in [5, 5.41) is 2.75. The zero-order valence-electron chi connectivity index (χ0n) is 10.8. The van der Waals surface area contributed by atoms with Crippen LogP contribution in [0.5, 0.6) is 0 Å². The molecular formula is C12H16F3N3O. The Morgan fingerprint density at radius 3 is 2.68 bits per heavy atom. The topological polar surface area (TPSA) is 45.2 Å². The number of carbonyl (C=O) groups is 1. The summed E-state index contributed by atoms with van der Waals surface area (Å²) in [6.07, 6.45) is -1.16. The van der Waals surface area contributed by atoms with Gasteiger partial charge in [0.15, 0.2) is 0 Å². The Balaban J connectivity index is 2.99. The number of pyridine rings is 1. The van der Waals surface area contributed by atoms with Gasteiger partial charge in [0.2, 0.25) is 0 Å². The van der Waals surface area contributed by atoms with Gasteiger partial charge in [0.1, 0.15) is 6.54 Å². The van der Waals surface area contributed by atoms with E-state index in [1.807, 2.05) is 0 Å². The highest BCUT2D eigenvalue weighted by Crippen LogP contribution is 2.21. The molecule has 1 N–H and O–H groups in total. The normalized spacial score (nSPS) is 11.2. The van der Waals surface area contributed by atoms with Crippen LogP contribution < -0.4 is 5.32 Å². The lowest BCUT2D eigenvalue weighted by molar-refractivity contribution is -0.140. The van der Waals surface area contributed by atoms with E-state index >= 15 is 0 Å². The molecule has 7 heteroatoms. The maximum absolute atomic E-state index is 12.5. The van der Waals surface area contributed by atoms with Gasteiger partial charge in [-0.05, 0) is 12.5 Å². The molecule has 0 aliphatic carbocycles. The van der Waals surface area contributed by atoms with Crippen molar-refractivity contribution < 1.29 is 18.0 Å². The second kappa shape index (κ2) is 6.40. The fourth-order valence-electron chi connectivity index (χ4n) is 1.69. The number of halogens is 3. The first-order valence-corrected chi connectivity index (χ1v) is 5.86. The van der Waals surface area contributed by atoms with Crippen LogP contribution in [-0.2, 0) is 0 Å². The summed E-state index contributed by atoms with van der Waals surface area (Å²) in [6, 6.07) is 1.41. The summed E-state index contributed by atoms with van der Waals surface area (Å²) in [7, 11) is 1.59. The molecule has 0 aliphatic heterocycles. The number of aromatic nitrogens is 1. The second-order valence-corrected chi connectivity index (χ2v) is 4.01. The Labute approximate surface area is 109 Å². The van der Waals surface area contributed by atoms with Gasteiger partial charge in [-0.15, -0.1) is 0 Å². The summed E-state index contributed by atoms with van der Waals surface area (Å²) in [4.78, 5) is 16.8. The number of nitrogens with one attached hydrogen (secondary N) is 1. The number of alkyl halides is 3. The molecule has 0 bridgehead atoms.